The second-order valence-corrected chi connectivity index (χ2v) is 8.84. The van der Waals surface area contributed by atoms with E-state index in [-0.39, 0.29) is 24.0 Å². The molecule has 3 aliphatic rings. The van der Waals surface area contributed by atoms with Gasteiger partial charge >= 0.3 is 0 Å². The van der Waals surface area contributed by atoms with Crippen molar-refractivity contribution in [1.82, 2.24) is 0 Å². The molecule has 4 N–H and O–H groups in total. The average molecular weight is 365 g/mol. The van der Waals surface area contributed by atoms with Crippen LogP contribution in [-0.2, 0) is 0 Å². The Morgan fingerprint density at radius 2 is 0.846 bits per heavy atom. The SMILES string of the molecule is OC1CCC(/C=C/C2CC(/C=C/C3CCC(O)CC3)C(O)CC2O)CC1. The molecule has 26 heavy (non-hydrogen) atoms. The predicted molar refractivity (Wildman–Crippen MR) is 102 cm³/mol. The molecule has 0 aliphatic heterocycles. The summed E-state index contributed by atoms with van der Waals surface area (Å²) < 4.78 is 0. The van der Waals surface area contributed by atoms with Gasteiger partial charge in [0.1, 0.15) is 0 Å². The fourth-order valence-corrected chi connectivity index (χ4v) is 4.83. The van der Waals surface area contributed by atoms with E-state index >= 15 is 0 Å². The van der Waals surface area contributed by atoms with Crippen molar-refractivity contribution >= 4 is 0 Å². The molecule has 3 rings (SSSR count). The molecule has 0 saturated heterocycles. The van der Waals surface area contributed by atoms with Gasteiger partial charge in [-0.15, -0.1) is 0 Å². The van der Waals surface area contributed by atoms with E-state index in [0.29, 0.717) is 18.3 Å². The fraction of sp³-hybridized carbons (Fsp3) is 0.818. The Morgan fingerprint density at radius 3 is 1.23 bits per heavy atom. The molecule has 0 aromatic heterocycles. The van der Waals surface area contributed by atoms with Gasteiger partial charge in [0, 0.05) is 18.3 Å². The van der Waals surface area contributed by atoms with Crippen LogP contribution in [0.15, 0.2) is 24.3 Å². The van der Waals surface area contributed by atoms with Gasteiger partial charge in [0.15, 0.2) is 0 Å². The highest BCUT2D eigenvalue weighted by Crippen LogP contribution is 2.34. The summed E-state index contributed by atoms with van der Waals surface area (Å²) in [5.74, 6) is 1.24. The predicted octanol–water partition coefficient (Wildman–Crippen LogP) is 2.95. The monoisotopic (exact) mass is 364 g/mol. The van der Waals surface area contributed by atoms with Crippen LogP contribution in [-0.4, -0.2) is 44.8 Å². The zero-order valence-electron chi connectivity index (χ0n) is 15.8. The van der Waals surface area contributed by atoms with Crippen LogP contribution in [0.1, 0.15) is 64.2 Å². The Balaban J connectivity index is 1.52. The second kappa shape index (κ2) is 9.50. The standard InChI is InChI=1S/C22H36O4/c23-19-9-3-15(4-10-19)1-7-17-13-18(22(26)14-21(17)25)8-2-16-5-11-20(24)12-6-16/h1-2,7-8,15-26H,3-6,9-14H2/b7-1+,8-2+. The van der Waals surface area contributed by atoms with Gasteiger partial charge in [0.2, 0.25) is 0 Å². The molecule has 148 valence electrons. The maximum Gasteiger partial charge on any atom is 0.0627 e. The summed E-state index contributed by atoms with van der Waals surface area (Å²) in [5, 5.41) is 40.0. The third-order valence-electron chi connectivity index (χ3n) is 6.76. The maximum atomic E-state index is 10.4. The van der Waals surface area contributed by atoms with E-state index in [1.54, 1.807) is 0 Å². The van der Waals surface area contributed by atoms with Crippen LogP contribution < -0.4 is 0 Å². The highest BCUT2D eigenvalue weighted by molar-refractivity contribution is 5.05. The van der Waals surface area contributed by atoms with E-state index in [9.17, 15) is 20.4 Å². The molecule has 4 atom stereocenters. The van der Waals surface area contributed by atoms with Crippen molar-refractivity contribution in [3.05, 3.63) is 24.3 Å². The van der Waals surface area contributed by atoms with Crippen LogP contribution >= 0.6 is 0 Å². The van der Waals surface area contributed by atoms with E-state index in [1.165, 1.54) is 0 Å². The van der Waals surface area contributed by atoms with Crippen LogP contribution in [0, 0.1) is 23.7 Å². The molecule has 0 spiro atoms. The Labute approximate surface area is 157 Å². The molecule has 0 radical (unpaired) electrons. The molecule has 0 heterocycles. The first kappa shape index (κ1) is 20.1. The van der Waals surface area contributed by atoms with Gasteiger partial charge in [-0.3, -0.25) is 0 Å². The quantitative estimate of drug-likeness (QED) is 0.578. The first-order valence-corrected chi connectivity index (χ1v) is 10.6. The van der Waals surface area contributed by atoms with Crippen LogP contribution in [0.3, 0.4) is 0 Å². The van der Waals surface area contributed by atoms with Gasteiger partial charge in [-0.25, -0.2) is 0 Å². The number of hydrogen-bond acceptors (Lipinski definition) is 4. The second-order valence-electron chi connectivity index (χ2n) is 8.84. The van der Waals surface area contributed by atoms with Crippen molar-refractivity contribution < 1.29 is 20.4 Å². The Hall–Kier alpha value is -0.680. The summed E-state index contributed by atoms with van der Waals surface area (Å²) in [6.07, 6.45) is 16.5. The van der Waals surface area contributed by atoms with Crippen LogP contribution in [0.4, 0.5) is 0 Å². The smallest absolute Gasteiger partial charge is 0.0627 e. The zero-order valence-corrected chi connectivity index (χ0v) is 15.8. The van der Waals surface area contributed by atoms with Gasteiger partial charge in [-0.1, -0.05) is 24.3 Å². The number of hydrogen-bond donors (Lipinski definition) is 4. The molecule has 4 nitrogen and oxygen atoms in total. The number of rotatable bonds is 4. The van der Waals surface area contributed by atoms with Crippen molar-refractivity contribution in [2.45, 2.75) is 88.6 Å². The molecule has 0 bridgehead atoms. The van der Waals surface area contributed by atoms with Crippen molar-refractivity contribution in [3.63, 3.8) is 0 Å². The molecule has 3 fully saturated rings. The number of aliphatic hydroxyl groups excluding tert-OH is 4. The van der Waals surface area contributed by atoms with Crippen molar-refractivity contribution in [3.8, 4) is 0 Å². The number of aliphatic hydroxyl groups is 4. The first-order valence-electron chi connectivity index (χ1n) is 10.6. The molecule has 3 aliphatic carbocycles. The molecule has 4 unspecified atom stereocenters. The lowest BCUT2D eigenvalue weighted by atomic mass is 9.75. The third kappa shape index (κ3) is 5.66. The van der Waals surface area contributed by atoms with Crippen molar-refractivity contribution in [1.29, 1.82) is 0 Å². The lowest BCUT2D eigenvalue weighted by Crippen LogP contribution is -2.37. The van der Waals surface area contributed by atoms with E-state index < -0.39 is 12.2 Å². The molecule has 4 heteroatoms. The van der Waals surface area contributed by atoms with Gasteiger partial charge in [-0.2, -0.15) is 0 Å². The van der Waals surface area contributed by atoms with Crippen LogP contribution in [0.5, 0.6) is 0 Å². The largest absolute Gasteiger partial charge is 0.393 e. The molecular formula is C22H36O4. The van der Waals surface area contributed by atoms with Gasteiger partial charge < -0.3 is 20.4 Å². The Kier molecular flexibility index (Phi) is 7.33. The fourth-order valence-electron chi connectivity index (χ4n) is 4.83. The third-order valence-corrected chi connectivity index (χ3v) is 6.76. The van der Waals surface area contributed by atoms with E-state index in [4.69, 9.17) is 0 Å². The van der Waals surface area contributed by atoms with Crippen LogP contribution in [0.25, 0.3) is 0 Å². The minimum Gasteiger partial charge on any atom is -0.393 e. The normalized spacial score (nSPS) is 45.4. The van der Waals surface area contributed by atoms with Gasteiger partial charge in [-0.05, 0) is 69.6 Å². The minimum atomic E-state index is -0.468. The maximum absolute atomic E-state index is 10.4. The lowest BCUT2D eigenvalue weighted by Gasteiger charge is -2.35. The highest BCUT2D eigenvalue weighted by atomic mass is 16.3. The summed E-state index contributed by atoms with van der Waals surface area (Å²) in [4.78, 5) is 0. The molecule has 3 saturated carbocycles. The zero-order chi connectivity index (χ0) is 18.5. The Bertz CT molecular complexity index is 431. The van der Waals surface area contributed by atoms with E-state index in [2.05, 4.69) is 24.3 Å². The molecule has 0 aromatic carbocycles. The molecule has 0 amide bonds. The van der Waals surface area contributed by atoms with Gasteiger partial charge in [0.25, 0.3) is 0 Å². The number of allylic oxidation sites excluding steroid dienone is 2. The molecular weight excluding hydrogens is 328 g/mol. The minimum absolute atomic E-state index is 0.105. The van der Waals surface area contributed by atoms with Crippen molar-refractivity contribution in [2.75, 3.05) is 0 Å². The summed E-state index contributed by atoms with van der Waals surface area (Å²) in [7, 11) is 0. The van der Waals surface area contributed by atoms with Crippen molar-refractivity contribution in [2.24, 2.45) is 23.7 Å². The summed E-state index contributed by atoms with van der Waals surface area (Å²) >= 11 is 0. The topological polar surface area (TPSA) is 80.9 Å². The average Bonchev–Trinajstić information content (AvgIpc) is 2.63. The molecule has 0 aromatic rings. The van der Waals surface area contributed by atoms with E-state index in [0.717, 1.165) is 57.8 Å². The van der Waals surface area contributed by atoms with Gasteiger partial charge in [0.05, 0.1) is 24.4 Å². The summed E-state index contributed by atoms with van der Waals surface area (Å²) in [5.41, 5.74) is 0. The van der Waals surface area contributed by atoms with E-state index in [1.807, 2.05) is 0 Å². The first-order chi connectivity index (χ1) is 12.5. The summed E-state index contributed by atoms with van der Waals surface area (Å²) in [6.45, 7) is 0. The Morgan fingerprint density at radius 1 is 0.462 bits per heavy atom. The van der Waals surface area contributed by atoms with Crippen LogP contribution in [0.2, 0.25) is 0 Å². The highest BCUT2D eigenvalue weighted by Gasteiger charge is 2.33. The lowest BCUT2D eigenvalue weighted by molar-refractivity contribution is -0.00763. The summed E-state index contributed by atoms with van der Waals surface area (Å²) in [6, 6.07) is 0.